The molecule has 1 aliphatic rings. The summed E-state index contributed by atoms with van der Waals surface area (Å²) in [6.45, 7) is 0.403. The molecule has 0 aliphatic carbocycles. The van der Waals surface area contributed by atoms with Gasteiger partial charge in [0.1, 0.15) is 11.9 Å². The maximum atomic E-state index is 13.1. The van der Waals surface area contributed by atoms with Crippen molar-refractivity contribution < 1.29 is 9.13 Å². The van der Waals surface area contributed by atoms with Crippen LogP contribution >= 0.6 is 0 Å². The lowest BCUT2D eigenvalue weighted by Gasteiger charge is -2.09. The van der Waals surface area contributed by atoms with Crippen molar-refractivity contribution in [3.63, 3.8) is 0 Å². The third-order valence-electron chi connectivity index (χ3n) is 2.56. The Bertz CT molecular complexity index is 327. The van der Waals surface area contributed by atoms with Crippen LogP contribution in [-0.2, 0) is 6.42 Å². The minimum atomic E-state index is -0.742. The Morgan fingerprint density at radius 2 is 2.36 bits per heavy atom. The van der Waals surface area contributed by atoms with Gasteiger partial charge in [0.2, 0.25) is 0 Å². The molecule has 76 valence electrons. The molecule has 1 unspecified atom stereocenters. The van der Waals surface area contributed by atoms with Crippen molar-refractivity contribution in [1.29, 1.82) is 0 Å². The number of aryl methyl sites for hydroxylation is 1. The number of benzene rings is 1. The van der Waals surface area contributed by atoms with E-state index in [2.05, 4.69) is 5.32 Å². The number of alkyl halides is 1. The molecule has 0 spiro atoms. The van der Waals surface area contributed by atoms with Crippen molar-refractivity contribution in [2.45, 2.75) is 19.0 Å². The lowest BCUT2D eigenvalue weighted by atomic mass is 10.1. The first-order chi connectivity index (χ1) is 6.79. The van der Waals surface area contributed by atoms with Crippen LogP contribution in [0.1, 0.15) is 12.0 Å². The Morgan fingerprint density at radius 3 is 3.14 bits per heavy atom. The van der Waals surface area contributed by atoms with Crippen LogP contribution in [0.3, 0.4) is 0 Å². The van der Waals surface area contributed by atoms with E-state index in [0.29, 0.717) is 13.0 Å². The highest BCUT2D eigenvalue weighted by Gasteiger charge is 2.14. The summed E-state index contributed by atoms with van der Waals surface area (Å²) in [6, 6.07) is 5.84. The van der Waals surface area contributed by atoms with Gasteiger partial charge in [0, 0.05) is 18.3 Å². The number of ether oxygens (including phenoxy) is 1. The van der Waals surface area contributed by atoms with Gasteiger partial charge in [-0.25, -0.2) is 4.39 Å². The average Bonchev–Trinajstić information content (AvgIpc) is 2.40. The van der Waals surface area contributed by atoms with E-state index in [1.165, 1.54) is 5.56 Å². The van der Waals surface area contributed by atoms with Crippen LogP contribution in [0.5, 0.6) is 5.75 Å². The van der Waals surface area contributed by atoms with Gasteiger partial charge in [-0.1, -0.05) is 6.07 Å². The van der Waals surface area contributed by atoms with E-state index in [-0.39, 0.29) is 0 Å². The summed E-state index contributed by atoms with van der Waals surface area (Å²) >= 11 is 0. The Labute approximate surface area is 83.1 Å². The molecule has 0 saturated heterocycles. The zero-order chi connectivity index (χ0) is 9.97. The first-order valence-corrected chi connectivity index (χ1v) is 4.84. The quantitative estimate of drug-likeness (QED) is 0.743. The van der Waals surface area contributed by atoms with Gasteiger partial charge in [0.15, 0.2) is 0 Å². The number of nitrogens with one attached hydrogen (secondary N) is 1. The molecule has 1 aromatic carbocycles. The number of anilines is 1. The fourth-order valence-corrected chi connectivity index (χ4v) is 1.70. The molecule has 0 fully saturated rings. The lowest BCUT2D eigenvalue weighted by Crippen LogP contribution is -2.12. The third kappa shape index (κ3) is 1.81. The van der Waals surface area contributed by atoms with Crippen LogP contribution in [0.4, 0.5) is 10.1 Å². The van der Waals surface area contributed by atoms with E-state index in [4.69, 9.17) is 4.74 Å². The maximum absolute atomic E-state index is 13.1. The predicted octanol–water partition coefficient (Wildman–Crippen LogP) is 2.39. The molecule has 2 rings (SSSR count). The molecule has 3 heteroatoms. The second-order valence-corrected chi connectivity index (χ2v) is 3.54. The third-order valence-corrected chi connectivity index (χ3v) is 2.56. The Morgan fingerprint density at radius 1 is 1.50 bits per heavy atom. The Kier molecular flexibility index (Phi) is 2.57. The second kappa shape index (κ2) is 3.86. The highest BCUT2D eigenvalue weighted by molar-refractivity contribution is 5.56. The van der Waals surface area contributed by atoms with Gasteiger partial charge in [-0.15, -0.1) is 0 Å². The average molecular weight is 195 g/mol. The van der Waals surface area contributed by atoms with Gasteiger partial charge in [-0.05, 0) is 24.5 Å². The predicted molar refractivity (Wildman–Crippen MR) is 54.7 cm³/mol. The summed E-state index contributed by atoms with van der Waals surface area (Å²) in [5.41, 5.74) is 2.18. The van der Waals surface area contributed by atoms with E-state index in [9.17, 15) is 4.39 Å². The molecule has 14 heavy (non-hydrogen) atoms. The number of rotatable bonds is 1. The minimum absolute atomic E-state index is 0.403. The number of hydrogen-bond donors (Lipinski definition) is 1. The van der Waals surface area contributed by atoms with E-state index in [0.717, 1.165) is 17.9 Å². The fourth-order valence-electron chi connectivity index (χ4n) is 1.70. The largest absolute Gasteiger partial charge is 0.497 e. The molecule has 1 aromatic rings. The smallest absolute Gasteiger partial charge is 0.120 e. The number of methoxy groups -OCH3 is 1. The molecular formula is C11H14FNO. The van der Waals surface area contributed by atoms with Crippen molar-refractivity contribution in [3.8, 4) is 5.75 Å². The standard InChI is InChI=1S/C11H14FNO/c1-14-10-5-3-8-2-4-9(12)7-13-11(8)6-10/h3,5-6,9,13H,2,4,7H2,1H3. The summed E-state index contributed by atoms with van der Waals surface area (Å²) in [5, 5.41) is 3.09. The summed E-state index contributed by atoms with van der Waals surface area (Å²) in [4.78, 5) is 0. The molecule has 0 aromatic heterocycles. The minimum Gasteiger partial charge on any atom is -0.497 e. The molecule has 0 saturated carbocycles. The Balaban J connectivity index is 2.27. The molecular weight excluding hydrogens is 181 g/mol. The molecule has 1 aliphatic heterocycles. The summed E-state index contributed by atoms with van der Waals surface area (Å²) in [5.74, 6) is 0.813. The first kappa shape index (κ1) is 9.31. The number of fused-ring (bicyclic) bond motifs is 1. The van der Waals surface area contributed by atoms with Crippen molar-refractivity contribution in [1.82, 2.24) is 0 Å². The van der Waals surface area contributed by atoms with Crippen molar-refractivity contribution in [2.75, 3.05) is 19.0 Å². The van der Waals surface area contributed by atoms with Crippen molar-refractivity contribution >= 4 is 5.69 Å². The van der Waals surface area contributed by atoms with Gasteiger partial charge in [0.25, 0.3) is 0 Å². The van der Waals surface area contributed by atoms with Crippen LogP contribution < -0.4 is 10.1 Å². The molecule has 1 atom stereocenters. The zero-order valence-corrected chi connectivity index (χ0v) is 8.22. The molecule has 1 heterocycles. The summed E-state index contributed by atoms with van der Waals surface area (Å²) < 4.78 is 18.2. The summed E-state index contributed by atoms with van der Waals surface area (Å²) in [7, 11) is 1.64. The molecule has 2 nitrogen and oxygen atoms in total. The molecule has 0 amide bonds. The zero-order valence-electron chi connectivity index (χ0n) is 8.22. The normalized spacial score (nSPS) is 20.6. The maximum Gasteiger partial charge on any atom is 0.120 e. The van der Waals surface area contributed by atoms with Crippen LogP contribution in [0.2, 0.25) is 0 Å². The van der Waals surface area contributed by atoms with Gasteiger partial charge in [-0.3, -0.25) is 0 Å². The van der Waals surface area contributed by atoms with Crippen LogP contribution in [0.25, 0.3) is 0 Å². The monoisotopic (exact) mass is 195 g/mol. The van der Waals surface area contributed by atoms with Crippen molar-refractivity contribution in [3.05, 3.63) is 23.8 Å². The second-order valence-electron chi connectivity index (χ2n) is 3.54. The fraction of sp³-hybridized carbons (Fsp3) is 0.455. The van der Waals surface area contributed by atoms with E-state index >= 15 is 0 Å². The van der Waals surface area contributed by atoms with E-state index in [1.807, 2.05) is 18.2 Å². The Hall–Kier alpha value is -1.25. The van der Waals surface area contributed by atoms with Gasteiger partial charge < -0.3 is 10.1 Å². The van der Waals surface area contributed by atoms with E-state index in [1.54, 1.807) is 7.11 Å². The SMILES string of the molecule is COc1ccc2c(c1)NCC(F)CC2. The molecule has 1 N–H and O–H groups in total. The van der Waals surface area contributed by atoms with Crippen LogP contribution in [0, 0.1) is 0 Å². The van der Waals surface area contributed by atoms with Crippen LogP contribution in [0.15, 0.2) is 18.2 Å². The van der Waals surface area contributed by atoms with Gasteiger partial charge in [-0.2, -0.15) is 0 Å². The van der Waals surface area contributed by atoms with Gasteiger partial charge >= 0.3 is 0 Å². The molecule has 0 radical (unpaired) electrons. The highest BCUT2D eigenvalue weighted by atomic mass is 19.1. The number of hydrogen-bond acceptors (Lipinski definition) is 2. The first-order valence-electron chi connectivity index (χ1n) is 4.84. The van der Waals surface area contributed by atoms with E-state index < -0.39 is 6.17 Å². The van der Waals surface area contributed by atoms with Crippen molar-refractivity contribution in [2.24, 2.45) is 0 Å². The topological polar surface area (TPSA) is 21.3 Å². The highest BCUT2D eigenvalue weighted by Crippen LogP contribution is 2.26. The summed E-state index contributed by atoms with van der Waals surface area (Å²) in [6.07, 6.45) is 0.660. The number of halogens is 1. The van der Waals surface area contributed by atoms with Crippen LogP contribution in [-0.4, -0.2) is 19.8 Å². The molecule has 0 bridgehead atoms. The van der Waals surface area contributed by atoms with Gasteiger partial charge in [0.05, 0.1) is 7.11 Å². The lowest BCUT2D eigenvalue weighted by molar-refractivity contribution is 0.333.